The maximum absolute atomic E-state index is 6.38. The standard InChI is InChI=1S/C33H49N3O2/c1-3-34-20-15-30(16-21-34)36-22-18-33(19-23-36)17-7-6-9-29-8-4-5-10-32(29)38-25-24-35(27-33)26-28-11-13-31(37-2)14-12-28/h4-5,8,10-14,30H,3,6-7,9,15-27H2,1-2H3. The number of rotatable bonds is 5. The van der Waals surface area contributed by atoms with Crippen LogP contribution in [0.3, 0.4) is 0 Å². The van der Waals surface area contributed by atoms with E-state index >= 15 is 0 Å². The molecule has 5 rings (SSSR count). The van der Waals surface area contributed by atoms with Crippen LogP contribution in [0.2, 0.25) is 0 Å². The van der Waals surface area contributed by atoms with Gasteiger partial charge >= 0.3 is 0 Å². The second kappa shape index (κ2) is 13.3. The molecule has 3 aliphatic heterocycles. The molecule has 208 valence electrons. The minimum Gasteiger partial charge on any atom is -0.497 e. The molecule has 0 radical (unpaired) electrons. The Morgan fingerprint density at radius 3 is 2.37 bits per heavy atom. The van der Waals surface area contributed by atoms with Crippen molar-refractivity contribution in [2.45, 2.75) is 70.9 Å². The number of nitrogens with zero attached hydrogens (tertiary/aromatic N) is 3. The van der Waals surface area contributed by atoms with Crippen molar-refractivity contribution in [3.05, 3.63) is 59.7 Å². The van der Waals surface area contributed by atoms with Crippen molar-refractivity contribution in [1.82, 2.24) is 14.7 Å². The molecule has 0 aromatic heterocycles. The fraction of sp³-hybridized carbons (Fsp3) is 0.636. The quantitative estimate of drug-likeness (QED) is 0.493. The number of fused-ring (bicyclic) bond motifs is 1. The van der Waals surface area contributed by atoms with E-state index in [1.54, 1.807) is 7.11 Å². The number of hydrogen-bond donors (Lipinski definition) is 0. The van der Waals surface area contributed by atoms with Crippen LogP contribution in [0.15, 0.2) is 48.5 Å². The first kappa shape index (κ1) is 27.5. The van der Waals surface area contributed by atoms with E-state index in [4.69, 9.17) is 9.47 Å². The Hall–Kier alpha value is -2.08. The maximum atomic E-state index is 6.38. The molecule has 2 fully saturated rings. The highest BCUT2D eigenvalue weighted by Gasteiger charge is 2.38. The van der Waals surface area contributed by atoms with Crippen LogP contribution in [0.4, 0.5) is 0 Å². The van der Waals surface area contributed by atoms with Crippen molar-refractivity contribution in [2.24, 2.45) is 5.41 Å². The number of methoxy groups -OCH3 is 1. The molecule has 2 aromatic carbocycles. The topological polar surface area (TPSA) is 28.2 Å². The van der Waals surface area contributed by atoms with E-state index < -0.39 is 0 Å². The van der Waals surface area contributed by atoms with Crippen molar-refractivity contribution in [2.75, 3.05) is 59.5 Å². The van der Waals surface area contributed by atoms with Gasteiger partial charge in [-0.25, -0.2) is 0 Å². The molecule has 3 aliphatic rings. The van der Waals surface area contributed by atoms with Crippen molar-refractivity contribution < 1.29 is 9.47 Å². The molecule has 5 heteroatoms. The molecule has 0 amide bonds. The lowest BCUT2D eigenvalue weighted by atomic mass is 9.73. The normalized spacial score (nSPS) is 22.7. The number of ether oxygens (including phenoxy) is 2. The molecule has 2 saturated heterocycles. The zero-order valence-corrected chi connectivity index (χ0v) is 23.9. The molecule has 2 aromatic rings. The van der Waals surface area contributed by atoms with Crippen molar-refractivity contribution in [3.63, 3.8) is 0 Å². The summed E-state index contributed by atoms with van der Waals surface area (Å²) >= 11 is 0. The molecule has 0 saturated carbocycles. The second-order valence-corrected chi connectivity index (χ2v) is 11.9. The average Bonchev–Trinajstić information content (AvgIpc) is 2.96. The minimum absolute atomic E-state index is 0.409. The van der Waals surface area contributed by atoms with E-state index in [2.05, 4.69) is 70.2 Å². The molecular formula is C33H49N3O2. The highest BCUT2D eigenvalue weighted by atomic mass is 16.5. The van der Waals surface area contributed by atoms with Crippen LogP contribution in [0.1, 0.15) is 63.0 Å². The second-order valence-electron chi connectivity index (χ2n) is 11.9. The third kappa shape index (κ3) is 7.11. The first-order valence-electron chi connectivity index (χ1n) is 15.2. The van der Waals surface area contributed by atoms with E-state index in [1.165, 1.54) is 95.3 Å². The maximum Gasteiger partial charge on any atom is 0.122 e. The Kier molecular flexibility index (Phi) is 9.63. The molecule has 0 N–H and O–H groups in total. The lowest BCUT2D eigenvalue weighted by Crippen LogP contribution is -2.52. The Labute approximate surface area is 231 Å². The summed E-state index contributed by atoms with van der Waals surface area (Å²) in [6.07, 6.45) is 10.4. The lowest BCUT2D eigenvalue weighted by molar-refractivity contribution is 0.0138. The smallest absolute Gasteiger partial charge is 0.122 e. The third-order valence-corrected chi connectivity index (χ3v) is 9.54. The number of aryl methyl sites for hydroxylation is 1. The Bertz CT molecular complexity index is 978. The van der Waals surface area contributed by atoms with Crippen LogP contribution < -0.4 is 9.47 Å². The summed E-state index contributed by atoms with van der Waals surface area (Å²) < 4.78 is 11.8. The van der Waals surface area contributed by atoms with Gasteiger partial charge in [0.25, 0.3) is 0 Å². The molecule has 0 aliphatic carbocycles. The molecule has 1 spiro atoms. The van der Waals surface area contributed by atoms with E-state index in [-0.39, 0.29) is 0 Å². The van der Waals surface area contributed by atoms with E-state index in [0.717, 1.165) is 43.7 Å². The summed E-state index contributed by atoms with van der Waals surface area (Å²) in [6, 6.07) is 18.1. The minimum atomic E-state index is 0.409. The van der Waals surface area contributed by atoms with Crippen LogP contribution >= 0.6 is 0 Å². The third-order valence-electron chi connectivity index (χ3n) is 9.54. The van der Waals surface area contributed by atoms with Gasteiger partial charge in [0, 0.05) is 25.7 Å². The molecular weight excluding hydrogens is 470 g/mol. The van der Waals surface area contributed by atoms with Crippen LogP contribution in [0.25, 0.3) is 0 Å². The first-order valence-corrected chi connectivity index (χ1v) is 15.2. The van der Waals surface area contributed by atoms with Gasteiger partial charge in [0.2, 0.25) is 0 Å². The summed E-state index contributed by atoms with van der Waals surface area (Å²) in [5, 5.41) is 0. The number of likely N-dealkylation sites (tertiary alicyclic amines) is 2. The summed E-state index contributed by atoms with van der Waals surface area (Å²) in [5.74, 6) is 2.01. The fourth-order valence-electron chi connectivity index (χ4n) is 7.08. The molecule has 38 heavy (non-hydrogen) atoms. The van der Waals surface area contributed by atoms with Gasteiger partial charge in [-0.3, -0.25) is 4.90 Å². The van der Waals surface area contributed by atoms with Gasteiger partial charge in [-0.2, -0.15) is 0 Å². The number of benzene rings is 2. The first-order chi connectivity index (χ1) is 18.7. The molecule has 5 nitrogen and oxygen atoms in total. The Morgan fingerprint density at radius 2 is 1.63 bits per heavy atom. The largest absolute Gasteiger partial charge is 0.497 e. The summed E-state index contributed by atoms with van der Waals surface area (Å²) in [5.41, 5.74) is 3.14. The van der Waals surface area contributed by atoms with Gasteiger partial charge in [-0.1, -0.05) is 43.7 Å². The van der Waals surface area contributed by atoms with Crippen LogP contribution in [-0.2, 0) is 13.0 Å². The Morgan fingerprint density at radius 1 is 0.868 bits per heavy atom. The van der Waals surface area contributed by atoms with Gasteiger partial charge in [-0.05, 0) is 112 Å². The predicted octanol–water partition coefficient (Wildman–Crippen LogP) is 5.87. The van der Waals surface area contributed by atoms with E-state index in [0.29, 0.717) is 5.41 Å². The van der Waals surface area contributed by atoms with Crippen molar-refractivity contribution in [3.8, 4) is 11.5 Å². The highest BCUT2D eigenvalue weighted by molar-refractivity contribution is 5.33. The number of hydrogen-bond acceptors (Lipinski definition) is 5. The van der Waals surface area contributed by atoms with Gasteiger partial charge in [-0.15, -0.1) is 0 Å². The van der Waals surface area contributed by atoms with Crippen LogP contribution in [0, 0.1) is 5.41 Å². The van der Waals surface area contributed by atoms with Gasteiger partial charge < -0.3 is 19.3 Å². The van der Waals surface area contributed by atoms with Crippen LogP contribution in [-0.4, -0.2) is 80.3 Å². The monoisotopic (exact) mass is 519 g/mol. The average molecular weight is 520 g/mol. The SMILES string of the molecule is CCN1CCC(N2CCC3(CCCCc4ccccc4OCCN(Cc4ccc(OC)cc4)C3)CC2)CC1. The molecule has 0 bridgehead atoms. The van der Waals surface area contributed by atoms with Gasteiger partial charge in [0.15, 0.2) is 0 Å². The van der Waals surface area contributed by atoms with Crippen molar-refractivity contribution in [1.29, 1.82) is 0 Å². The molecule has 0 unspecified atom stereocenters. The van der Waals surface area contributed by atoms with E-state index in [9.17, 15) is 0 Å². The van der Waals surface area contributed by atoms with Crippen molar-refractivity contribution >= 4 is 0 Å². The number of para-hydroxylation sites is 1. The number of piperidine rings is 2. The summed E-state index contributed by atoms with van der Waals surface area (Å²) in [6.45, 7) is 12.4. The van der Waals surface area contributed by atoms with E-state index in [1.807, 2.05) is 0 Å². The fourth-order valence-corrected chi connectivity index (χ4v) is 7.08. The predicted molar refractivity (Wildman–Crippen MR) is 156 cm³/mol. The summed E-state index contributed by atoms with van der Waals surface area (Å²) in [4.78, 5) is 8.15. The van der Waals surface area contributed by atoms with Crippen LogP contribution in [0.5, 0.6) is 11.5 Å². The zero-order valence-electron chi connectivity index (χ0n) is 23.9. The zero-order chi connectivity index (χ0) is 26.2. The Balaban J connectivity index is 1.29. The highest BCUT2D eigenvalue weighted by Crippen LogP contribution is 2.40. The van der Waals surface area contributed by atoms with Gasteiger partial charge in [0.05, 0.1) is 7.11 Å². The lowest BCUT2D eigenvalue weighted by Gasteiger charge is -2.48. The van der Waals surface area contributed by atoms with Gasteiger partial charge in [0.1, 0.15) is 18.1 Å². The molecule has 3 heterocycles. The molecule has 0 atom stereocenters. The summed E-state index contributed by atoms with van der Waals surface area (Å²) in [7, 11) is 1.74.